The average Bonchev–Trinajstić information content (AvgIpc) is 2.58. The van der Waals surface area contributed by atoms with Gasteiger partial charge < -0.3 is 10.1 Å². The van der Waals surface area contributed by atoms with Crippen LogP contribution in [0.15, 0.2) is 18.3 Å². The lowest BCUT2D eigenvalue weighted by atomic mass is 10.0. The van der Waals surface area contributed by atoms with Crippen LogP contribution < -0.4 is 5.32 Å². The van der Waals surface area contributed by atoms with Crippen molar-refractivity contribution < 1.29 is 4.74 Å². The van der Waals surface area contributed by atoms with E-state index in [0.29, 0.717) is 32.5 Å². The molecule has 1 N–H and O–H groups in total. The molecule has 2 atom stereocenters. The van der Waals surface area contributed by atoms with E-state index in [0.717, 1.165) is 18.9 Å². The monoisotopic (exact) mass is 300 g/mol. The molecule has 0 radical (unpaired) electrons. The van der Waals surface area contributed by atoms with Crippen LogP contribution in [-0.4, -0.2) is 54.0 Å². The zero-order valence-electron chi connectivity index (χ0n) is 12.5. The number of nitrogens with one attached hydrogen (secondary N) is 1. The summed E-state index contributed by atoms with van der Waals surface area (Å²) in [5.41, 5.74) is 0. The summed E-state index contributed by atoms with van der Waals surface area (Å²) < 4.78 is 5.74. The Kier molecular flexibility index (Phi) is 6.56. The molecule has 0 spiro atoms. The van der Waals surface area contributed by atoms with Crippen LogP contribution in [0.3, 0.4) is 0 Å². The summed E-state index contributed by atoms with van der Waals surface area (Å²) >= 11 is 0. The van der Waals surface area contributed by atoms with E-state index in [-0.39, 0.29) is 12.0 Å². The number of hydrogen-bond acceptors (Lipinski definition) is 7. The maximum absolute atomic E-state index is 9.16. The molecule has 0 bridgehead atoms. The molecule has 1 aromatic rings. The molecule has 116 valence electrons. The molecule has 1 aliphatic rings. The predicted octanol–water partition coefficient (Wildman–Crippen LogP) is 1.03. The summed E-state index contributed by atoms with van der Waals surface area (Å²) in [7, 11) is 0. The van der Waals surface area contributed by atoms with Gasteiger partial charge in [-0.2, -0.15) is 15.6 Å². The minimum atomic E-state index is -0.0913. The number of anilines is 1. The second kappa shape index (κ2) is 8.93. The van der Waals surface area contributed by atoms with Gasteiger partial charge in [0.15, 0.2) is 0 Å². The van der Waals surface area contributed by atoms with Gasteiger partial charge in [-0.25, -0.2) is 0 Å². The van der Waals surface area contributed by atoms with Gasteiger partial charge >= 0.3 is 0 Å². The minimum Gasteiger partial charge on any atom is -0.374 e. The molecule has 0 amide bonds. The van der Waals surface area contributed by atoms with Crippen molar-refractivity contribution in [3.05, 3.63) is 18.3 Å². The molecule has 1 aromatic heterocycles. The smallest absolute Gasteiger partial charge is 0.148 e. The fourth-order valence-corrected chi connectivity index (χ4v) is 2.43. The second-order valence-electron chi connectivity index (χ2n) is 5.26. The number of nitrogens with zero attached hydrogens (tertiary/aromatic N) is 5. The van der Waals surface area contributed by atoms with Crippen LogP contribution in [0.1, 0.15) is 12.8 Å². The molecule has 0 aliphatic carbocycles. The van der Waals surface area contributed by atoms with Gasteiger partial charge in [-0.05, 0) is 18.6 Å². The van der Waals surface area contributed by atoms with Gasteiger partial charge in [0.25, 0.3) is 0 Å². The fourth-order valence-electron chi connectivity index (χ4n) is 2.43. The number of rotatable bonds is 7. The third kappa shape index (κ3) is 5.28. The Hall–Kier alpha value is -2.22. The molecule has 2 heterocycles. The topological polar surface area (TPSA) is 97.9 Å². The Morgan fingerprint density at radius 1 is 1.50 bits per heavy atom. The van der Waals surface area contributed by atoms with Crippen LogP contribution >= 0.6 is 0 Å². The SMILES string of the molecule is N#CCC[C@@H](C#N)CN1CCO[C@H](CNc2cccnn2)C1. The molecule has 0 unspecified atom stereocenters. The average molecular weight is 300 g/mol. The molecule has 0 aromatic carbocycles. The first kappa shape index (κ1) is 16.2. The summed E-state index contributed by atoms with van der Waals surface area (Å²) in [6.45, 7) is 3.61. The third-order valence-corrected chi connectivity index (χ3v) is 3.57. The first-order valence-corrected chi connectivity index (χ1v) is 7.44. The predicted molar refractivity (Wildman–Crippen MR) is 80.7 cm³/mol. The Morgan fingerprint density at radius 3 is 3.14 bits per heavy atom. The first-order chi connectivity index (χ1) is 10.8. The van der Waals surface area contributed by atoms with Crippen LogP contribution in [0.5, 0.6) is 0 Å². The molecule has 22 heavy (non-hydrogen) atoms. The lowest BCUT2D eigenvalue weighted by Crippen LogP contribution is -2.46. The van der Waals surface area contributed by atoms with Crippen LogP contribution in [0.2, 0.25) is 0 Å². The van der Waals surface area contributed by atoms with E-state index in [1.165, 1.54) is 0 Å². The largest absolute Gasteiger partial charge is 0.374 e. The number of morpholine rings is 1. The van der Waals surface area contributed by atoms with E-state index in [1.54, 1.807) is 6.20 Å². The minimum absolute atomic E-state index is 0.0612. The van der Waals surface area contributed by atoms with Crippen molar-refractivity contribution in [1.29, 1.82) is 10.5 Å². The van der Waals surface area contributed by atoms with Gasteiger partial charge in [-0.1, -0.05) is 0 Å². The molecule has 1 fully saturated rings. The molecular formula is C15H20N6O. The van der Waals surface area contributed by atoms with Crippen molar-refractivity contribution in [3.63, 3.8) is 0 Å². The standard InChI is InChI=1S/C15H20N6O/c16-5-1-3-13(9-17)11-21-7-8-22-14(12-21)10-18-15-4-2-6-19-20-15/h2,4,6,13-14H,1,3,7-8,10-12H2,(H,18,20)/t13-,14+/m0/s1. The number of aromatic nitrogens is 2. The Labute approximate surface area is 130 Å². The molecule has 1 saturated heterocycles. The highest BCUT2D eigenvalue weighted by Gasteiger charge is 2.22. The summed E-state index contributed by atoms with van der Waals surface area (Å²) in [6, 6.07) is 8.08. The van der Waals surface area contributed by atoms with Gasteiger partial charge in [0.1, 0.15) is 5.82 Å². The summed E-state index contributed by atoms with van der Waals surface area (Å²) in [5, 5.41) is 28.8. The van der Waals surface area contributed by atoms with Crippen molar-refractivity contribution in [2.45, 2.75) is 18.9 Å². The highest BCUT2D eigenvalue weighted by atomic mass is 16.5. The van der Waals surface area contributed by atoms with Gasteiger partial charge in [0.05, 0.1) is 30.8 Å². The third-order valence-electron chi connectivity index (χ3n) is 3.57. The van der Waals surface area contributed by atoms with Crippen molar-refractivity contribution in [3.8, 4) is 12.1 Å². The summed E-state index contributed by atoms with van der Waals surface area (Å²) in [5.74, 6) is 0.637. The normalized spacial score (nSPS) is 19.8. The van der Waals surface area contributed by atoms with Gasteiger partial charge in [-0.3, -0.25) is 4.90 Å². The summed E-state index contributed by atoms with van der Waals surface area (Å²) in [4.78, 5) is 2.23. The molecule has 0 saturated carbocycles. The first-order valence-electron chi connectivity index (χ1n) is 7.44. The van der Waals surface area contributed by atoms with Gasteiger partial charge in [-0.15, -0.1) is 5.10 Å². The quantitative estimate of drug-likeness (QED) is 0.803. The van der Waals surface area contributed by atoms with E-state index in [4.69, 9.17) is 15.3 Å². The number of nitriles is 2. The van der Waals surface area contributed by atoms with Crippen LogP contribution in [-0.2, 0) is 4.74 Å². The Morgan fingerprint density at radius 2 is 2.41 bits per heavy atom. The zero-order chi connectivity index (χ0) is 15.6. The summed E-state index contributed by atoms with van der Waals surface area (Å²) in [6.07, 6.45) is 2.76. The Bertz CT molecular complexity index is 523. The molecular weight excluding hydrogens is 280 g/mol. The highest BCUT2D eigenvalue weighted by molar-refractivity contribution is 5.31. The van der Waals surface area contributed by atoms with Gasteiger partial charge in [0, 0.05) is 38.8 Å². The number of ether oxygens (including phenoxy) is 1. The van der Waals surface area contributed by atoms with Crippen molar-refractivity contribution in [2.75, 3.05) is 38.1 Å². The molecule has 7 nitrogen and oxygen atoms in total. The molecule has 2 rings (SSSR count). The van der Waals surface area contributed by atoms with E-state index in [1.807, 2.05) is 12.1 Å². The maximum Gasteiger partial charge on any atom is 0.148 e. The zero-order valence-corrected chi connectivity index (χ0v) is 12.5. The van der Waals surface area contributed by atoms with Crippen LogP contribution in [0.4, 0.5) is 5.82 Å². The lowest BCUT2D eigenvalue weighted by molar-refractivity contribution is -0.0240. The Balaban J connectivity index is 1.76. The second-order valence-corrected chi connectivity index (χ2v) is 5.26. The van der Waals surface area contributed by atoms with Crippen LogP contribution in [0, 0.1) is 28.6 Å². The van der Waals surface area contributed by atoms with Gasteiger partial charge in [0.2, 0.25) is 0 Å². The van der Waals surface area contributed by atoms with E-state index < -0.39 is 0 Å². The van der Waals surface area contributed by atoms with E-state index in [2.05, 4.69) is 32.6 Å². The lowest BCUT2D eigenvalue weighted by Gasteiger charge is -2.33. The van der Waals surface area contributed by atoms with Crippen molar-refractivity contribution in [1.82, 2.24) is 15.1 Å². The van der Waals surface area contributed by atoms with E-state index >= 15 is 0 Å². The number of hydrogen-bond donors (Lipinski definition) is 1. The van der Waals surface area contributed by atoms with Crippen LogP contribution in [0.25, 0.3) is 0 Å². The highest BCUT2D eigenvalue weighted by Crippen LogP contribution is 2.12. The van der Waals surface area contributed by atoms with Crippen molar-refractivity contribution >= 4 is 5.82 Å². The fraction of sp³-hybridized carbons (Fsp3) is 0.600. The maximum atomic E-state index is 9.16. The van der Waals surface area contributed by atoms with E-state index in [9.17, 15) is 0 Å². The van der Waals surface area contributed by atoms with Crippen molar-refractivity contribution in [2.24, 2.45) is 5.92 Å². The molecule has 7 heteroatoms. The molecule has 1 aliphatic heterocycles.